The summed E-state index contributed by atoms with van der Waals surface area (Å²) in [6.07, 6.45) is -68.6. The van der Waals surface area contributed by atoms with Crippen molar-refractivity contribution in [2.45, 2.75) is 451 Å². The molecule has 0 unspecified atom stereocenters. The minimum atomic E-state index is -2.28. The quantitative estimate of drug-likeness (QED) is 0.00921. The molecule has 13 aliphatic rings. The van der Waals surface area contributed by atoms with E-state index in [1.54, 1.807) is 27.7 Å². The molecular formula is C95H152O47. The molecule has 13 rings (SSSR count). The molecule has 0 aromatic rings. The number of aldehydes is 1. The van der Waals surface area contributed by atoms with Crippen LogP contribution in [0.15, 0.2) is 11.6 Å². The highest BCUT2D eigenvalue weighted by atomic mass is 16.8. The van der Waals surface area contributed by atoms with Gasteiger partial charge in [-0.1, -0.05) is 93.7 Å². The Balaban J connectivity index is 0.769. The molecule has 8 aliphatic heterocycles. The number of fused-ring (bicyclic) bond motifs is 7. The summed E-state index contributed by atoms with van der Waals surface area (Å²) in [5.74, 6) is -8.46. The maximum atomic E-state index is 16.6. The number of carbonyl (C=O) groups is 6. The highest BCUT2D eigenvalue weighted by Crippen LogP contribution is 2.76. The number of aliphatic hydroxyl groups is 21. The molecule has 0 bridgehead atoms. The largest absolute Gasteiger partial charge is 0.479 e. The van der Waals surface area contributed by atoms with Gasteiger partial charge in [0.1, 0.15) is 145 Å². The Morgan fingerprint density at radius 2 is 1.05 bits per heavy atom. The topological polar surface area (TPSA) is 723 Å². The summed E-state index contributed by atoms with van der Waals surface area (Å²) >= 11 is 0. The van der Waals surface area contributed by atoms with Crippen LogP contribution in [0.3, 0.4) is 0 Å². The van der Waals surface area contributed by atoms with Gasteiger partial charge in [-0.05, 0) is 130 Å². The number of rotatable bonds is 36. The second kappa shape index (κ2) is 45.5. The van der Waals surface area contributed by atoms with Crippen molar-refractivity contribution in [2.24, 2.45) is 62.1 Å². The first-order valence-electron chi connectivity index (χ1n) is 49.6. The number of allylic oxidation sites excluding steroid dienone is 2. The lowest BCUT2D eigenvalue weighted by atomic mass is 9.33. The van der Waals surface area contributed by atoms with Gasteiger partial charge in [-0.15, -0.1) is 0 Å². The fraction of sp³-hybridized carbons (Fsp3) is 0.916. The van der Waals surface area contributed by atoms with E-state index in [0.29, 0.717) is 38.5 Å². The molecule has 47 nitrogen and oxygen atoms in total. The number of carboxylic acids is 1. The molecule has 142 heavy (non-hydrogen) atoms. The van der Waals surface area contributed by atoms with Gasteiger partial charge in [0, 0.05) is 19.8 Å². The highest BCUT2D eigenvalue weighted by Gasteiger charge is 2.74. The third-order valence-corrected chi connectivity index (χ3v) is 33.9. The Bertz CT molecular complexity index is 4270. The van der Waals surface area contributed by atoms with Gasteiger partial charge >= 0.3 is 29.8 Å². The van der Waals surface area contributed by atoms with E-state index < -0.39 is 383 Å². The van der Waals surface area contributed by atoms with Crippen LogP contribution in [-0.2, 0) is 119 Å². The average molecular weight is 2050 g/mol. The zero-order chi connectivity index (χ0) is 105. The maximum Gasteiger partial charge on any atom is 0.335 e. The number of carbonyl (C=O) groups excluding carboxylic acids is 5. The van der Waals surface area contributed by atoms with Crippen molar-refractivity contribution >= 4 is 36.1 Å². The van der Waals surface area contributed by atoms with Gasteiger partial charge in [0.2, 0.25) is 6.29 Å². The molecule has 12 fully saturated rings. The van der Waals surface area contributed by atoms with Gasteiger partial charge in [-0.2, -0.15) is 0 Å². The lowest BCUT2D eigenvalue weighted by Crippen LogP contribution is -2.69. The van der Waals surface area contributed by atoms with E-state index in [9.17, 15) is 136 Å². The smallest absolute Gasteiger partial charge is 0.335 e. The van der Waals surface area contributed by atoms with Crippen LogP contribution in [0.4, 0.5) is 0 Å². The SMILES string of the molecule is CC[C@H](C)[C@H](C[C@H](O)CC(=O)O[C@@H]1[C@H](OC(C)=O)[C@@H](O[C@@H]2O[C@@H](C)[C@H](O[C@@H]3OC[C@@H](O)[C@H](O[C@@H]4OC[C@](O)(CO)[C@H]4O)[C@H]3O)[C@@H](O)[C@H]2O)[C@H](OC(=O)[C@]23CCC(C)(C)C[C@H]2C2=CC[C@@H]4[C@@]5(C)CC[C@H](O[C@@H]6O[C@H](C(=O)O)[C@@H](O)[C@H](O[C@@H]7O[C@@H](C)[C@H](O)[C@@H](O)[C@H]7O)[C@H]6O[C@@H]6O[C@H](CO)[C@H](O)[C@H](O)[C@H]6O)[C@@](C)(C=O)[C@@H]5CC[C@@]4(C)[C@]2(C)C[C@H]3O)O[C@@H]1C)OC(=O)C[C@@H](O)C[C@H](O[C@@H]1O[C@@H](CO)[C@H](O)[C@H]1O)[C@@H](C)CC. The first-order valence-corrected chi connectivity index (χ1v) is 49.6. The molecule has 8 heterocycles. The predicted octanol–water partition coefficient (Wildman–Crippen LogP) is -4.73. The molecular weight excluding hydrogens is 1890 g/mol. The van der Waals surface area contributed by atoms with Gasteiger partial charge in [-0.25, -0.2) is 4.79 Å². The van der Waals surface area contributed by atoms with Crippen LogP contribution in [-0.4, -0.2) is 439 Å². The molecule has 22 N–H and O–H groups in total. The van der Waals surface area contributed by atoms with Crippen molar-refractivity contribution in [3.8, 4) is 0 Å². The predicted molar refractivity (Wildman–Crippen MR) is 472 cm³/mol. The number of ether oxygens (including phenoxy) is 19. The standard InChI is InChI=1S/C95H152O47/c1-15-37(3)48(130-56(105)27-44(102)26-49(38(4)16-2)131-83-64(113)60(109)51(32-97)132-83)25-43(101)28-57(106)135-71-41(7)128-85(77(75(71)129-42(8)100)141-82-67(116)63(112)70(40(6)127-82)136-80-69(118)72(47(103)33-124-80)137-87-78(119)94(123,35-99)36-125-87)142-88(122)95-24-23-89(9,10)29-46(95)45-17-18-53-90(11)21-20-55(91(12,34-98)52(90)19-22-92(53,13)93(45,14)30-54(95)104)134-86-76(140-84-66(115)62(111)59(108)50(31-96)133-84)73(68(117)74(139-86)79(120)121)138-81-65(114)61(110)58(107)39(5)126-81/h17,34,37-41,43-44,46-55,58-78,80-87,96-97,99,101-104,107-119,123H,15-16,18-33,35-36H2,1-14H3,(H,120,121)/t37-,38-,39-,40-,41+,43-,44-,46-,47+,48-,49-,50+,51-,52+,53+,54+,55-,58-,59-,60-,61+,62-,63-,64+,65+,66+,67+,68-,69+,70-,71-,72-,73-,74-,75-,76+,77+,78-,80-,81-,82-,83+,84-,85-,86+,87-,90-,91-,92+,93+,94+,95+/m0/s1. The summed E-state index contributed by atoms with van der Waals surface area (Å²) in [6.45, 7) is 20.4. The Hall–Kier alpha value is -4.68. The van der Waals surface area contributed by atoms with E-state index in [2.05, 4.69) is 19.9 Å². The summed E-state index contributed by atoms with van der Waals surface area (Å²) in [7, 11) is 0. The lowest BCUT2D eigenvalue weighted by Gasteiger charge is -2.71. The van der Waals surface area contributed by atoms with Crippen molar-refractivity contribution in [2.75, 3.05) is 33.0 Å². The van der Waals surface area contributed by atoms with E-state index in [0.717, 1.165) is 18.8 Å². The molecule has 0 spiro atoms. The van der Waals surface area contributed by atoms with E-state index in [-0.39, 0.29) is 56.8 Å². The summed E-state index contributed by atoms with van der Waals surface area (Å²) in [5, 5.41) is 245. The number of hydrogen-bond donors (Lipinski definition) is 22. The maximum absolute atomic E-state index is 16.6. The molecule has 52 atom stereocenters. The van der Waals surface area contributed by atoms with E-state index in [1.165, 1.54) is 20.8 Å². The van der Waals surface area contributed by atoms with Crippen LogP contribution < -0.4 is 0 Å². The van der Waals surface area contributed by atoms with Gasteiger partial charge < -0.3 is 207 Å². The monoisotopic (exact) mass is 2040 g/mol. The highest BCUT2D eigenvalue weighted by molar-refractivity contribution is 5.80. The fourth-order valence-electron chi connectivity index (χ4n) is 24.7. The summed E-state index contributed by atoms with van der Waals surface area (Å²) in [5.41, 5.74) is -7.88. The van der Waals surface area contributed by atoms with Crippen molar-refractivity contribution < 1.29 is 231 Å². The van der Waals surface area contributed by atoms with E-state index >= 15 is 4.79 Å². The minimum Gasteiger partial charge on any atom is -0.479 e. The van der Waals surface area contributed by atoms with Gasteiger partial charge in [0.25, 0.3) is 0 Å². The number of aliphatic carboxylic acids is 1. The van der Waals surface area contributed by atoms with Crippen LogP contribution in [0.25, 0.3) is 0 Å². The van der Waals surface area contributed by atoms with Crippen LogP contribution in [0.2, 0.25) is 0 Å². The Morgan fingerprint density at radius 3 is 1.65 bits per heavy atom. The lowest BCUT2D eigenvalue weighted by molar-refractivity contribution is -0.394. The molecule has 4 saturated carbocycles. The molecule has 0 radical (unpaired) electrons. The number of aliphatic hydroxyl groups excluding tert-OH is 20. The normalized spacial score (nSPS) is 48.2. The average Bonchev–Trinajstić information content (AvgIpc) is 0.893. The molecule has 5 aliphatic carbocycles. The fourth-order valence-corrected chi connectivity index (χ4v) is 24.7. The molecule has 0 aromatic heterocycles. The van der Waals surface area contributed by atoms with Crippen LogP contribution >= 0.6 is 0 Å². The number of hydrogen-bond acceptors (Lipinski definition) is 46. The molecule has 0 amide bonds. The Morgan fingerprint density at radius 1 is 0.507 bits per heavy atom. The zero-order valence-corrected chi connectivity index (χ0v) is 82.4. The van der Waals surface area contributed by atoms with E-state index in [4.69, 9.17) is 90.0 Å². The Labute approximate surface area is 821 Å². The van der Waals surface area contributed by atoms with Crippen molar-refractivity contribution in [3.05, 3.63) is 11.6 Å². The van der Waals surface area contributed by atoms with Gasteiger partial charge in [-0.3, -0.25) is 19.2 Å². The molecule has 47 heteroatoms. The van der Waals surface area contributed by atoms with Crippen molar-refractivity contribution in [1.29, 1.82) is 0 Å². The first kappa shape index (κ1) is 114. The third-order valence-electron chi connectivity index (χ3n) is 33.9. The molecule has 8 saturated heterocycles. The third kappa shape index (κ3) is 22.2. The van der Waals surface area contributed by atoms with E-state index in [1.807, 2.05) is 27.7 Å². The summed E-state index contributed by atoms with van der Waals surface area (Å²) in [4.78, 5) is 86.6. The zero-order valence-electron chi connectivity index (χ0n) is 82.4. The second-order valence-corrected chi connectivity index (χ2v) is 43.6. The van der Waals surface area contributed by atoms with Gasteiger partial charge in [0.05, 0.1) is 100 Å². The first-order chi connectivity index (χ1) is 66.6. The summed E-state index contributed by atoms with van der Waals surface area (Å²) in [6, 6.07) is 0. The minimum absolute atomic E-state index is 0.0111. The number of esters is 4. The second-order valence-electron chi connectivity index (χ2n) is 43.6. The van der Waals surface area contributed by atoms with Crippen LogP contribution in [0.1, 0.15) is 193 Å². The van der Waals surface area contributed by atoms with Crippen LogP contribution in [0, 0.1) is 62.1 Å². The summed E-state index contributed by atoms with van der Waals surface area (Å²) < 4.78 is 116. The van der Waals surface area contributed by atoms with Gasteiger partial charge in [0.15, 0.2) is 68.4 Å². The molecule has 814 valence electrons. The van der Waals surface area contributed by atoms with Crippen LogP contribution in [0.5, 0.6) is 0 Å². The Kier molecular flexibility index (Phi) is 36.6. The van der Waals surface area contributed by atoms with Crippen molar-refractivity contribution in [1.82, 2.24) is 0 Å². The number of carboxylic acid groups (broad SMARTS) is 1. The van der Waals surface area contributed by atoms with Crippen molar-refractivity contribution in [3.63, 3.8) is 0 Å². The molecule has 0 aromatic carbocycles.